The van der Waals surface area contributed by atoms with Crippen molar-refractivity contribution < 1.29 is 4.79 Å². The third-order valence-electron chi connectivity index (χ3n) is 3.05. The summed E-state index contributed by atoms with van der Waals surface area (Å²) in [5, 5.41) is 0. The second-order valence-electron chi connectivity index (χ2n) is 4.45. The lowest BCUT2D eigenvalue weighted by Crippen LogP contribution is -2.26. The third-order valence-corrected chi connectivity index (χ3v) is 4.62. The van der Waals surface area contributed by atoms with Crippen LogP contribution in [-0.2, 0) is 6.54 Å². The van der Waals surface area contributed by atoms with E-state index >= 15 is 0 Å². The number of thioether (sulfide) groups is 1. The molecule has 0 N–H and O–H groups in total. The van der Waals surface area contributed by atoms with Crippen molar-refractivity contribution in [3.63, 3.8) is 0 Å². The fourth-order valence-electron chi connectivity index (χ4n) is 1.98. The Morgan fingerprint density at radius 1 is 1.15 bits per heavy atom. The van der Waals surface area contributed by atoms with E-state index in [-0.39, 0.29) is 5.91 Å². The van der Waals surface area contributed by atoms with Gasteiger partial charge >= 0.3 is 0 Å². The highest BCUT2D eigenvalue weighted by Gasteiger charge is 2.15. The standard InChI is InChI=1S/C16H16BrNOS/c1-18(11-12-7-3-5-9-14(12)17)16(19)13-8-4-6-10-15(13)20-2/h3-10H,11H2,1-2H3. The summed E-state index contributed by atoms with van der Waals surface area (Å²) in [5.41, 5.74) is 1.86. The summed E-state index contributed by atoms with van der Waals surface area (Å²) >= 11 is 5.11. The fraction of sp³-hybridized carbons (Fsp3) is 0.188. The molecule has 0 fully saturated rings. The number of benzene rings is 2. The Balaban J connectivity index is 2.19. The molecule has 4 heteroatoms. The molecule has 0 aliphatic rings. The van der Waals surface area contributed by atoms with E-state index in [1.165, 1.54) is 0 Å². The molecule has 0 unspecified atom stereocenters. The third kappa shape index (κ3) is 3.44. The van der Waals surface area contributed by atoms with Crippen LogP contribution in [0.5, 0.6) is 0 Å². The molecule has 0 saturated heterocycles. The zero-order chi connectivity index (χ0) is 14.5. The van der Waals surface area contributed by atoms with Crippen molar-refractivity contribution >= 4 is 33.6 Å². The van der Waals surface area contributed by atoms with Gasteiger partial charge in [0.1, 0.15) is 0 Å². The highest BCUT2D eigenvalue weighted by Crippen LogP contribution is 2.23. The Kier molecular flexibility index (Phi) is 5.26. The number of nitrogens with zero attached hydrogens (tertiary/aromatic N) is 1. The predicted octanol–water partition coefficient (Wildman–Crippen LogP) is 4.44. The van der Waals surface area contributed by atoms with Crippen LogP contribution in [0.4, 0.5) is 0 Å². The largest absolute Gasteiger partial charge is 0.337 e. The van der Waals surface area contributed by atoms with Crippen molar-refractivity contribution in [3.8, 4) is 0 Å². The van der Waals surface area contributed by atoms with Crippen molar-refractivity contribution in [3.05, 3.63) is 64.1 Å². The van der Waals surface area contributed by atoms with Gasteiger partial charge in [-0.05, 0) is 30.0 Å². The molecule has 1 amide bonds. The van der Waals surface area contributed by atoms with Crippen LogP contribution in [0.2, 0.25) is 0 Å². The Morgan fingerprint density at radius 3 is 2.50 bits per heavy atom. The first kappa shape index (κ1) is 15.1. The molecule has 0 aliphatic heterocycles. The van der Waals surface area contributed by atoms with E-state index in [1.54, 1.807) is 16.7 Å². The first-order valence-corrected chi connectivity index (χ1v) is 8.27. The van der Waals surface area contributed by atoms with Gasteiger partial charge < -0.3 is 4.90 Å². The Bertz CT molecular complexity index is 615. The van der Waals surface area contributed by atoms with Gasteiger partial charge in [-0.15, -0.1) is 11.8 Å². The maximum absolute atomic E-state index is 12.5. The smallest absolute Gasteiger partial charge is 0.255 e. The molecule has 2 aromatic rings. The highest BCUT2D eigenvalue weighted by molar-refractivity contribution is 9.10. The van der Waals surface area contributed by atoms with Crippen LogP contribution in [0.15, 0.2) is 57.9 Å². The van der Waals surface area contributed by atoms with Crippen LogP contribution in [0.25, 0.3) is 0 Å². The van der Waals surface area contributed by atoms with Crippen LogP contribution in [0.3, 0.4) is 0 Å². The van der Waals surface area contributed by atoms with Crippen molar-refractivity contribution in [1.29, 1.82) is 0 Å². The van der Waals surface area contributed by atoms with Gasteiger partial charge in [-0.25, -0.2) is 0 Å². The average Bonchev–Trinajstić information content (AvgIpc) is 2.48. The summed E-state index contributed by atoms with van der Waals surface area (Å²) in [5.74, 6) is 0.0469. The molecule has 0 atom stereocenters. The van der Waals surface area contributed by atoms with Gasteiger partial charge in [0.15, 0.2) is 0 Å². The zero-order valence-electron chi connectivity index (χ0n) is 11.5. The molecule has 0 spiro atoms. The molecule has 2 nitrogen and oxygen atoms in total. The van der Waals surface area contributed by atoms with Gasteiger partial charge in [-0.3, -0.25) is 4.79 Å². The van der Waals surface area contributed by atoms with Gasteiger partial charge in [0.2, 0.25) is 0 Å². The molecule has 2 rings (SSSR count). The van der Waals surface area contributed by atoms with Gasteiger partial charge in [0.05, 0.1) is 5.56 Å². The minimum Gasteiger partial charge on any atom is -0.337 e. The molecule has 0 saturated carbocycles. The summed E-state index contributed by atoms with van der Waals surface area (Å²) in [6, 6.07) is 15.7. The minimum absolute atomic E-state index is 0.0469. The molecule has 2 aromatic carbocycles. The number of rotatable bonds is 4. The summed E-state index contributed by atoms with van der Waals surface area (Å²) in [6.45, 7) is 0.586. The van der Waals surface area contributed by atoms with Crippen LogP contribution in [0.1, 0.15) is 15.9 Å². The molecular weight excluding hydrogens is 334 g/mol. The topological polar surface area (TPSA) is 20.3 Å². The van der Waals surface area contributed by atoms with Crippen molar-refractivity contribution in [2.24, 2.45) is 0 Å². The van der Waals surface area contributed by atoms with E-state index in [0.717, 1.165) is 20.5 Å². The second-order valence-corrected chi connectivity index (χ2v) is 6.16. The zero-order valence-corrected chi connectivity index (χ0v) is 13.9. The van der Waals surface area contributed by atoms with E-state index < -0.39 is 0 Å². The number of amides is 1. The Labute approximate surface area is 132 Å². The molecule has 0 radical (unpaired) electrons. The molecule has 0 heterocycles. The number of carbonyl (C=O) groups excluding carboxylic acids is 1. The van der Waals surface area contributed by atoms with Crippen LogP contribution in [0, 0.1) is 0 Å². The minimum atomic E-state index is 0.0469. The SMILES string of the molecule is CSc1ccccc1C(=O)N(C)Cc1ccccc1Br. The number of halogens is 1. The lowest BCUT2D eigenvalue weighted by atomic mass is 10.1. The van der Waals surface area contributed by atoms with Gasteiger partial charge in [0, 0.05) is 23.0 Å². The lowest BCUT2D eigenvalue weighted by molar-refractivity contribution is 0.0781. The van der Waals surface area contributed by atoms with E-state index in [4.69, 9.17) is 0 Å². The van der Waals surface area contributed by atoms with E-state index in [9.17, 15) is 4.79 Å². The van der Waals surface area contributed by atoms with Crippen molar-refractivity contribution in [2.45, 2.75) is 11.4 Å². The Hall–Kier alpha value is -1.26. The summed E-state index contributed by atoms with van der Waals surface area (Å²) in [7, 11) is 1.83. The molecule has 20 heavy (non-hydrogen) atoms. The number of hydrogen-bond acceptors (Lipinski definition) is 2. The molecule has 0 aromatic heterocycles. The van der Waals surface area contributed by atoms with Gasteiger partial charge in [-0.2, -0.15) is 0 Å². The van der Waals surface area contributed by atoms with Crippen LogP contribution >= 0.6 is 27.7 Å². The first-order chi connectivity index (χ1) is 9.63. The lowest BCUT2D eigenvalue weighted by Gasteiger charge is -2.19. The maximum atomic E-state index is 12.5. The normalized spacial score (nSPS) is 10.3. The van der Waals surface area contributed by atoms with Crippen molar-refractivity contribution in [2.75, 3.05) is 13.3 Å². The van der Waals surface area contributed by atoms with Gasteiger partial charge in [-0.1, -0.05) is 46.3 Å². The van der Waals surface area contributed by atoms with E-state index in [2.05, 4.69) is 15.9 Å². The first-order valence-electron chi connectivity index (χ1n) is 6.25. The molecule has 0 aliphatic carbocycles. The summed E-state index contributed by atoms with van der Waals surface area (Å²) in [4.78, 5) is 15.3. The fourth-order valence-corrected chi connectivity index (χ4v) is 2.98. The average molecular weight is 350 g/mol. The number of carbonyl (C=O) groups is 1. The molecular formula is C16H16BrNOS. The number of hydrogen-bond donors (Lipinski definition) is 0. The highest BCUT2D eigenvalue weighted by atomic mass is 79.9. The van der Waals surface area contributed by atoms with E-state index in [1.807, 2.05) is 61.8 Å². The monoisotopic (exact) mass is 349 g/mol. The molecule has 0 bridgehead atoms. The second kappa shape index (κ2) is 6.95. The molecule has 104 valence electrons. The predicted molar refractivity (Wildman–Crippen MR) is 88.2 cm³/mol. The maximum Gasteiger partial charge on any atom is 0.255 e. The van der Waals surface area contributed by atoms with Crippen LogP contribution < -0.4 is 0 Å². The summed E-state index contributed by atoms with van der Waals surface area (Å²) < 4.78 is 1.03. The Morgan fingerprint density at radius 2 is 1.80 bits per heavy atom. The summed E-state index contributed by atoms with van der Waals surface area (Å²) in [6.07, 6.45) is 1.99. The van der Waals surface area contributed by atoms with E-state index in [0.29, 0.717) is 6.54 Å². The van der Waals surface area contributed by atoms with Crippen LogP contribution in [-0.4, -0.2) is 24.1 Å². The van der Waals surface area contributed by atoms with Gasteiger partial charge in [0.25, 0.3) is 5.91 Å². The quantitative estimate of drug-likeness (QED) is 0.760. The van der Waals surface area contributed by atoms with Crippen molar-refractivity contribution in [1.82, 2.24) is 4.90 Å².